The molecule has 3 aromatic rings. The molecule has 0 spiro atoms. The highest BCUT2D eigenvalue weighted by Crippen LogP contribution is 2.22. The van der Waals surface area contributed by atoms with Crippen LogP contribution >= 0.6 is 0 Å². The third kappa shape index (κ3) is 8.45. The number of aryl methyl sites for hydroxylation is 2. The molecule has 0 aliphatic heterocycles. The van der Waals surface area contributed by atoms with Gasteiger partial charge < -0.3 is 23.9 Å². The quantitative estimate of drug-likeness (QED) is 0.285. The first-order chi connectivity index (χ1) is 15.7. The molecule has 0 unspecified atom stereocenters. The van der Waals surface area contributed by atoms with E-state index in [1.807, 2.05) is 12.1 Å². The van der Waals surface area contributed by atoms with Crippen molar-refractivity contribution >= 4 is 11.0 Å². The summed E-state index contributed by atoms with van der Waals surface area (Å²) in [5, 5.41) is 4.47. The molecular formula is C26H30FNO4. The number of ether oxygens (including phenoxy) is 3. The Hall–Kier alpha value is -2.69. The molecule has 3 rings (SSSR count). The fourth-order valence-electron chi connectivity index (χ4n) is 3.23. The van der Waals surface area contributed by atoms with E-state index in [0.29, 0.717) is 39.6 Å². The first kappa shape index (κ1) is 24.0. The molecule has 0 aliphatic rings. The van der Waals surface area contributed by atoms with E-state index >= 15 is 0 Å². The molecule has 2 aromatic carbocycles. The summed E-state index contributed by atoms with van der Waals surface area (Å²) in [4.78, 5) is 0. The highest BCUT2D eigenvalue weighted by atomic mass is 19.1. The number of hydrogen-bond donors (Lipinski definition) is 1. The maximum absolute atomic E-state index is 13.0. The molecule has 0 radical (unpaired) electrons. The Labute approximate surface area is 188 Å². The Morgan fingerprint density at radius 3 is 2.34 bits per heavy atom. The van der Waals surface area contributed by atoms with Crippen molar-refractivity contribution in [1.82, 2.24) is 5.32 Å². The summed E-state index contributed by atoms with van der Waals surface area (Å²) >= 11 is 0. The second kappa shape index (κ2) is 13.7. The average molecular weight is 440 g/mol. The topological polar surface area (TPSA) is 52.9 Å². The van der Waals surface area contributed by atoms with Gasteiger partial charge in [-0.3, -0.25) is 0 Å². The molecule has 1 N–H and O–H groups in total. The van der Waals surface area contributed by atoms with E-state index in [9.17, 15) is 4.39 Å². The number of hydrogen-bond acceptors (Lipinski definition) is 5. The standard InChI is InChI=1S/C26H30FNO4/c1-2-12-29-14-16-31-17-15-30-13-11-28-20-22-3-7-23-19-25(32-26(23)18-22)10-6-21-4-8-24(27)9-5-21/h1,3-5,7-9,18-19,28H,6,10-17,20H2. The van der Waals surface area contributed by atoms with Crippen molar-refractivity contribution in [1.29, 1.82) is 0 Å². The van der Waals surface area contributed by atoms with Crippen molar-refractivity contribution in [3.8, 4) is 12.3 Å². The lowest BCUT2D eigenvalue weighted by molar-refractivity contribution is 0.0209. The van der Waals surface area contributed by atoms with Gasteiger partial charge in [-0.2, -0.15) is 0 Å². The summed E-state index contributed by atoms with van der Waals surface area (Å²) < 4.78 is 35.1. The number of halogens is 1. The predicted octanol–water partition coefficient (Wildman–Crippen LogP) is 4.13. The summed E-state index contributed by atoms with van der Waals surface area (Å²) in [5.74, 6) is 3.13. The Morgan fingerprint density at radius 2 is 1.56 bits per heavy atom. The lowest BCUT2D eigenvalue weighted by Crippen LogP contribution is -2.20. The molecule has 0 aliphatic carbocycles. The SMILES string of the molecule is C#CCOCCOCCOCCNCc1ccc2cc(CCc3ccc(F)cc3)oc2c1. The van der Waals surface area contributed by atoms with Crippen LogP contribution in [0.25, 0.3) is 11.0 Å². The molecule has 0 atom stereocenters. The first-order valence-electron chi connectivity index (χ1n) is 10.9. The van der Waals surface area contributed by atoms with Gasteiger partial charge in [0, 0.05) is 24.9 Å². The summed E-state index contributed by atoms with van der Waals surface area (Å²) in [6.45, 7) is 4.55. The van der Waals surface area contributed by atoms with Crippen LogP contribution in [0.3, 0.4) is 0 Å². The second-order valence-corrected chi connectivity index (χ2v) is 7.37. The molecule has 5 nitrogen and oxygen atoms in total. The number of nitrogens with one attached hydrogen (secondary N) is 1. The Morgan fingerprint density at radius 1 is 0.844 bits per heavy atom. The lowest BCUT2D eigenvalue weighted by atomic mass is 10.1. The third-order valence-corrected chi connectivity index (χ3v) is 4.89. The minimum absolute atomic E-state index is 0.211. The van der Waals surface area contributed by atoms with Crippen LogP contribution in [0.15, 0.2) is 52.9 Å². The van der Waals surface area contributed by atoms with E-state index in [4.69, 9.17) is 25.1 Å². The number of rotatable bonds is 15. The minimum atomic E-state index is -0.211. The van der Waals surface area contributed by atoms with Gasteiger partial charge in [0.1, 0.15) is 23.8 Å². The van der Waals surface area contributed by atoms with Crippen molar-refractivity contribution in [2.75, 3.05) is 46.2 Å². The highest BCUT2D eigenvalue weighted by Gasteiger charge is 2.06. The van der Waals surface area contributed by atoms with E-state index in [2.05, 4.69) is 35.5 Å². The average Bonchev–Trinajstić information content (AvgIpc) is 3.21. The maximum Gasteiger partial charge on any atom is 0.134 e. The van der Waals surface area contributed by atoms with Crippen molar-refractivity contribution < 1.29 is 23.0 Å². The normalized spacial score (nSPS) is 11.1. The van der Waals surface area contributed by atoms with Crippen molar-refractivity contribution in [2.45, 2.75) is 19.4 Å². The molecule has 0 amide bonds. The van der Waals surface area contributed by atoms with Gasteiger partial charge in [0.25, 0.3) is 0 Å². The number of fused-ring (bicyclic) bond motifs is 1. The van der Waals surface area contributed by atoms with Gasteiger partial charge in [-0.05, 0) is 41.8 Å². The minimum Gasteiger partial charge on any atom is -0.461 e. The van der Waals surface area contributed by atoms with Crippen molar-refractivity contribution in [2.24, 2.45) is 0 Å². The molecule has 6 heteroatoms. The Bertz CT molecular complexity index is 978. The summed E-state index contributed by atoms with van der Waals surface area (Å²) in [5.41, 5.74) is 3.14. The van der Waals surface area contributed by atoms with Gasteiger partial charge in [-0.15, -0.1) is 6.42 Å². The van der Waals surface area contributed by atoms with Crippen molar-refractivity contribution in [3.63, 3.8) is 0 Å². The first-order valence-corrected chi connectivity index (χ1v) is 10.9. The number of terminal acetylenes is 1. The smallest absolute Gasteiger partial charge is 0.134 e. The Kier molecular flexibility index (Phi) is 10.2. The van der Waals surface area contributed by atoms with Crippen molar-refractivity contribution in [3.05, 3.63) is 71.2 Å². The zero-order chi connectivity index (χ0) is 22.4. The van der Waals surface area contributed by atoms with E-state index in [0.717, 1.165) is 53.8 Å². The summed E-state index contributed by atoms with van der Waals surface area (Å²) in [6, 6.07) is 14.9. The predicted molar refractivity (Wildman–Crippen MR) is 123 cm³/mol. The van der Waals surface area contributed by atoms with Crippen LogP contribution in [-0.2, 0) is 33.6 Å². The van der Waals surface area contributed by atoms with E-state index in [1.54, 1.807) is 0 Å². The molecule has 1 aromatic heterocycles. The molecule has 170 valence electrons. The zero-order valence-electron chi connectivity index (χ0n) is 18.3. The van der Waals surface area contributed by atoms with Crippen LogP contribution in [0, 0.1) is 18.2 Å². The van der Waals surface area contributed by atoms with Crippen LogP contribution in [-0.4, -0.2) is 46.2 Å². The number of furan rings is 1. The van der Waals surface area contributed by atoms with Crippen LogP contribution in [0.4, 0.5) is 4.39 Å². The largest absolute Gasteiger partial charge is 0.461 e. The molecule has 0 saturated carbocycles. The van der Waals surface area contributed by atoms with Crippen LogP contribution < -0.4 is 5.32 Å². The van der Waals surface area contributed by atoms with Gasteiger partial charge in [0.15, 0.2) is 0 Å². The maximum atomic E-state index is 13.0. The molecule has 1 heterocycles. The highest BCUT2D eigenvalue weighted by molar-refractivity contribution is 5.78. The molecule has 32 heavy (non-hydrogen) atoms. The summed E-state index contributed by atoms with van der Waals surface area (Å²) in [7, 11) is 0. The molecular weight excluding hydrogens is 409 g/mol. The second-order valence-electron chi connectivity index (χ2n) is 7.37. The zero-order valence-corrected chi connectivity index (χ0v) is 18.3. The van der Waals surface area contributed by atoms with Gasteiger partial charge in [-0.25, -0.2) is 4.39 Å². The van der Waals surface area contributed by atoms with E-state index < -0.39 is 0 Å². The number of benzene rings is 2. The van der Waals surface area contributed by atoms with E-state index in [-0.39, 0.29) is 5.82 Å². The third-order valence-electron chi connectivity index (χ3n) is 4.89. The molecule has 0 saturated heterocycles. The van der Waals surface area contributed by atoms with Crippen LogP contribution in [0.1, 0.15) is 16.9 Å². The van der Waals surface area contributed by atoms with Crippen LogP contribution in [0.5, 0.6) is 0 Å². The van der Waals surface area contributed by atoms with Crippen LogP contribution in [0.2, 0.25) is 0 Å². The van der Waals surface area contributed by atoms with Gasteiger partial charge in [0.05, 0.1) is 33.0 Å². The lowest BCUT2D eigenvalue weighted by Gasteiger charge is -2.07. The van der Waals surface area contributed by atoms with Gasteiger partial charge >= 0.3 is 0 Å². The Balaban J connectivity index is 1.30. The fraction of sp³-hybridized carbons (Fsp3) is 0.385. The van der Waals surface area contributed by atoms with Gasteiger partial charge in [-0.1, -0.05) is 30.2 Å². The fourth-order valence-corrected chi connectivity index (χ4v) is 3.23. The summed E-state index contributed by atoms with van der Waals surface area (Å²) in [6.07, 6.45) is 6.69. The molecule has 0 bridgehead atoms. The van der Waals surface area contributed by atoms with Gasteiger partial charge in [0.2, 0.25) is 0 Å². The monoisotopic (exact) mass is 439 g/mol. The molecule has 0 fully saturated rings. The van der Waals surface area contributed by atoms with E-state index in [1.165, 1.54) is 12.1 Å².